The van der Waals surface area contributed by atoms with Crippen molar-refractivity contribution in [3.63, 3.8) is 0 Å². The molecule has 162 valence electrons. The Bertz CT molecular complexity index is 1060. The number of carbonyl (C=O) groups is 1. The number of hydrogen-bond acceptors (Lipinski definition) is 4. The number of benzene rings is 2. The molecule has 0 atom stereocenters. The molecule has 0 aliphatic heterocycles. The van der Waals surface area contributed by atoms with Crippen molar-refractivity contribution in [1.82, 2.24) is 9.78 Å². The Hall–Kier alpha value is -3.54. The minimum atomic E-state index is -0.221. The van der Waals surface area contributed by atoms with Crippen LogP contribution in [0.1, 0.15) is 36.7 Å². The molecule has 6 heteroatoms. The fourth-order valence-corrected chi connectivity index (χ4v) is 3.21. The average molecular weight is 420 g/mol. The third-order valence-electron chi connectivity index (χ3n) is 4.91. The Morgan fingerprint density at radius 1 is 1.13 bits per heavy atom. The standard InChI is InChI=1S/C25H29N3O3/c1-5-6-16-31-22-14-12-20(17-23(22)30-4)13-15-24(29)26-25-18(2)27-28(19(25)3)21-10-8-7-9-11-21/h7-15,17H,5-6,16H2,1-4H3,(H,26,29)/b15-13+. The molecule has 0 radical (unpaired) electrons. The lowest BCUT2D eigenvalue weighted by Crippen LogP contribution is -2.09. The fraction of sp³-hybridized carbons (Fsp3) is 0.280. The Morgan fingerprint density at radius 2 is 1.90 bits per heavy atom. The van der Waals surface area contributed by atoms with Crippen LogP contribution in [0.15, 0.2) is 54.6 Å². The molecule has 0 saturated heterocycles. The quantitative estimate of drug-likeness (QED) is 0.376. The maximum absolute atomic E-state index is 12.5. The highest BCUT2D eigenvalue weighted by atomic mass is 16.5. The van der Waals surface area contributed by atoms with E-state index >= 15 is 0 Å². The zero-order valence-electron chi connectivity index (χ0n) is 18.5. The van der Waals surface area contributed by atoms with Gasteiger partial charge in [0.05, 0.1) is 36.5 Å². The van der Waals surface area contributed by atoms with E-state index in [1.807, 2.05) is 67.1 Å². The molecule has 1 amide bonds. The van der Waals surface area contributed by atoms with Crippen molar-refractivity contribution in [3.8, 4) is 17.2 Å². The zero-order valence-corrected chi connectivity index (χ0v) is 18.5. The Balaban J connectivity index is 1.70. The fourth-order valence-electron chi connectivity index (χ4n) is 3.21. The molecule has 3 rings (SSSR count). The first-order valence-corrected chi connectivity index (χ1v) is 10.4. The summed E-state index contributed by atoms with van der Waals surface area (Å²) < 4.78 is 13.0. The molecule has 0 aliphatic carbocycles. The summed E-state index contributed by atoms with van der Waals surface area (Å²) in [6.07, 6.45) is 5.32. The van der Waals surface area contributed by atoms with Crippen LogP contribution in [0.5, 0.6) is 11.5 Å². The summed E-state index contributed by atoms with van der Waals surface area (Å²) in [4.78, 5) is 12.5. The van der Waals surface area contributed by atoms with E-state index in [1.54, 1.807) is 13.2 Å². The molecule has 6 nitrogen and oxygen atoms in total. The van der Waals surface area contributed by atoms with E-state index in [9.17, 15) is 4.79 Å². The van der Waals surface area contributed by atoms with Crippen LogP contribution >= 0.6 is 0 Å². The second-order valence-corrected chi connectivity index (χ2v) is 7.23. The van der Waals surface area contributed by atoms with E-state index in [4.69, 9.17) is 9.47 Å². The minimum Gasteiger partial charge on any atom is -0.493 e. The lowest BCUT2D eigenvalue weighted by Gasteiger charge is -2.11. The van der Waals surface area contributed by atoms with Crippen LogP contribution < -0.4 is 14.8 Å². The van der Waals surface area contributed by atoms with Gasteiger partial charge in [0.2, 0.25) is 5.91 Å². The number of amides is 1. The van der Waals surface area contributed by atoms with Crippen molar-refractivity contribution in [1.29, 1.82) is 0 Å². The summed E-state index contributed by atoms with van der Waals surface area (Å²) in [5.74, 6) is 1.13. The SMILES string of the molecule is CCCCOc1ccc(/C=C/C(=O)Nc2c(C)nn(-c3ccccc3)c2C)cc1OC. The maximum Gasteiger partial charge on any atom is 0.248 e. The second-order valence-electron chi connectivity index (χ2n) is 7.23. The van der Waals surface area contributed by atoms with E-state index in [2.05, 4.69) is 17.3 Å². The Kier molecular flexibility index (Phi) is 7.49. The number of carbonyl (C=O) groups excluding carboxylic acids is 1. The number of anilines is 1. The van der Waals surface area contributed by atoms with Crippen molar-refractivity contribution in [2.75, 3.05) is 19.0 Å². The van der Waals surface area contributed by atoms with Gasteiger partial charge in [-0.15, -0.1) is 0 Å². The number of ether oxygens (including phenoxy) is 2. The number of rotatable bonds is 9. The molecule has 1 heterocycles. The summed E-state index contributed by atoms with van der Waals surface area (Å²) in [5, 5.41) is 7.51. The molecule has 0 spiro atoms. The number of para-hydroxylation sites is 1. The van der Waals surface area contributed by atoms with Crippen molar-refractivity contribution in [2.45, 2.75) is 33.6 Å². The van der Waals surface area contributed by atoms with Crippen LogP contribution in [-0.2, 0) is 4.79 Å². The van der Waals surface area contributed by atoms with Gasteiger partial charge in [-0.1, -0.05) is 37.6 Å². The van der Waals surface area contributed by atoms with Crippen LogP contribution in [0, 0.1) is 13.8 Å². The van der Waals surface area contributed by atoms with Gasteiger partial charge in [-0.3, -0.25) is 4.79 Å². The van der Waals surface area contributed by atoms with Crippen LogP contribution in [0.25, 0.3) is 11.8 Å². The summed E-state index contributed by atoms with van der Waals surface area (Å²) in [5.41, 5.74) is 4.16. The topological polar surface area (TPSA) is 65.4 Å². The lowest BCUT2D eigenvalue weighted by molar-refractivity contribution is -0.111. The molecule has 3 aromatic rings. The molecule has 0 fully saturated rings. The molecule has 2 aromatic carbocycles. The molecule has 0 saturated carbocycles. The summed E-state index contributed by atoms with van der Waals surface area (Å²) >= 11 is 0. The van der Waals surface area contributed by atoms with Gasteiger partial charge in [0.15, 0.2) is 11.5 Å². The molecule has 1 N–H and O–H groups in total. The highest BCUT2D eigenvalue weighted by Gasteiger charge is 2.14. The van der Waals surface area contributed by atoms with E-state index in [1.165, 1.54) is 6.08 Å². The van der Waals surface area contributed by atoms with Gasteiger partial charge in [-0.25, -0.2) is 4.68 Å². The molecule has 0 unspecified atom stereocenters. The number of aromatic nitrogens is 2. The van der Waals surface area contributed by atoms with Crippen LogP contribution in [0.3, 0.4) is 0 Å². The first-order valence-electron chi connectivity index (χ1n) is 10.4. The van der Waals surface area contributed by atoms with Gasteiger partial charge in [0.25, 0.3) is 0 Å². The van der Waals surface area contributed by atoms with Gasteiger partial charge in [-0.05, 0) is 56.2 Å². The van der Waals surface area contributed by atoms with Crippen LogP contribution in [-0.4, -0.2) is 29.4 Å². The maximum atomic E-state index is 12.5. The van der Waals surface area contributed by atoms with E-state index in [-0.39, 0.29) is 5.91 Å². The monoisotopic (exact) mass is 419 g/mol. The zero-order chi connectivity index (χ0) is 22.2. The van der Waals surface area contributed by atoms with E-state index in [0.29, 0.717) is 18.1 Å². The number of methoxy groups -OCH3 is 1. The van der Waals surface area contributed by atoms with Crippen molar-refractivity contribution < 1.29 is 14.3 Å². The molecular formula is C25H29N3O3. The molecule has 1 aromatic heterocycles. The molecule has 0 bridgehead atoms. The van der Waals surface area contributed by atoms with Gasteiger partial charge in [0.1, 0.15) is 0 Å². The minimum absolute atomic E-state index is 0.221. The normalized spacial score (nSPS) is 11.0. The third-order valence-corrected chi connectivity index (χ3v) is 4.91. The smallest absolute Gasteiger partial charge is 0.248 e. The van der Waals surface area contributed by atoms with Crippen LogP contribution in [0.2, 0.25) is 0 Å². The van der Waals surface area contributed by atoms with E-state index in [0.717, 1.165) is 41.2 Å². The average Bonchev–Trinajstić information content (AvgIpc) is 3.07. The summed E-state index contributed by atoms with van der Waals surface area (Å²) in [6.45, 7) is 6.59. The number of nitrogens with one attached hydrogen (secondary N) is 1. The molecular weight excluding hydrogens is 390 g/mol. The Labute approximate surface area is 183 Å². The number of unbranched alkanes of at least 4 members (excludes halogenated alkanes) is 1. The van der Waals surface area contributed by atoms with Gasteiger partial charge in [-0.2, -0.15) is 5.10 Å². The molecule has 0 aliphatic rings. The Morgan fingerprint density at radius 3 is 2.61 bits per heavy atom. The predicted molar refractivity (Wildman–Crippen MR) is 124 cm³/mol. The number of nitrogens with zero attached hydrogens (tertiary/aromatic N) is 2. The summed E-state index contributed by atoms with van der Waals surface area (Å²) in [6, 6.07) is 15.5. The highest BCUT2D eigenvalue weighted by Crippen LogP contribution is 2.29. The second kappa shape index (κ2) is 10.5. The predicted octanol–water partition coefficient (Wildman–Crippen LogP) is 5.33. The van der Waals surface area contributed by atoms with Crippen molar-refractivity contribution in [2.24, 2.45) is 0 Å². The first-order chi connectivity index (χ1) is 15.0. The summed E-state index contributed by atoms with van der Waals surface area (Å²) in [7, 11) is 1.61. The lowest BCUT2D eigenvalue weighted by atomic mass is 10.2. The van der Waals surface area contributed by atoms with Crippen molar-refractivity contribution >= 4 is 17.7 Å². The van der Waals surface area contributed by atoms with E-state index < -0.39 is 0 Å². The van der Waals surface area contributed by atoms with Crippen LogP contribution in [0.4, 0.5) is 5.69 Å². The third kappa shape index (κ3) is 5.54. The first kappa shape index (κ1) is 22.2. The van der Waals surface area contributed by atoms with Gasteiger partial charge >= 0.3 is 0 Å². The van der Waals surface area contributed by atoms with Crippen molar-refractivity contribution in [3.05, 3.63) is 71.6 Å². The van der Waals surface area contributed by atoms with Gasteiger partial charge < -0.3 is 14.8 Å². The van der Waals surface area contributed by atoms with Gasteiger partial charge in [0, 0.05) is 6.08 Å². The molecule has 31 heavy (non-hydrogen) atoms. The number of aryl methyl sites for hydroxylation is 1. The largest absolute Gasteiger partial charge is 0.493 e. The highest BCUT2D eigenvalue weighted by molar-refractivity contribution is 6.02. The number of hydrogen-bond donors (Lipinski definition) is 1.